The molecule has 6 heteroatoms. The van der Waals surface area contributed by atoms with Gasteiger partial charge in [-0.05, 0) is 43.6 Å². The van der Waals surface area contributed by atoms with Crippen LogP contribution in [0.3, 0.4) is 0 Å². The normalized spacial score (nSPS) is 18.4. The molecule has 0 aromatic heterocycles. The van der Waals surface area contributed by atoms with E-state index < -0.39 is 0 Å². The summed E-state index contributed by atoms with van der Waals surface area (Å²) in [6.07, 6.45) is 2.57. The van der Waals surface area contributed by atoms with Crippen LogP contribution in [0.25, 0.3) is 0 Å². The third-order valence-corrected chi connectivity index (χ3v) is 4.23. The first-order chi connectivity index (χ1) is 10.8. The molecule has 0 radical (unpaired) electrons. The first-order valence-corrected chi connectivity index (χ1v) is 8.08. The fraction of sp³-hybridized carbons (Fsp3) is 0.588. The number of benzene rings is 1. The zero-order valence-corrected chi connectivity index (χ0v) is 16.7. The molecule has 0 amide bonds. The summed E-state index contributed by atoms with van der Waals surface area (Å²) >= 11 is 0. The molecule has 1 aromatic carbocycles. The second-order valence-corrected chi connectivity index (χ2v) is 5.58. The van der Waals surface area contributed by atoms with Crippen molar-refractivity contribution in [3.8, 4) is 5.75 Å². The lowest BCUT2D eigenvalue weighted by molar-refractivity contribution is 0.267. The zero-order chi connectivity index (χ0) is 15.8. The van der Waals surface area contributed by atoms with Gasteiger partial charge in [0.15, 0.2) is 5.96 Å². The van der Waals surface area contributed by atoms with Gasteiger partial charge in [0.1, 0.15) is 5.75 Å². The number of hydrogen-bond donors (Lipinski definition) is 2. The third-order valence-electron chi connectivity index (χ3n) is 4.23. The molecular formula is C17H29IN4O. The molecule has 1 aliphatic heterocycles. The number of ether oxygens (including phenoxy) is 1. The maximum absolute atomic E-state index is 5.25. The predicted octanol–water partition coefficient (Wildman–Crippen LogP) is 2.46. The van der Waals surface area contributed by atoms with Crippen LogP contribution in [0.5, 0.6) is 5.75 Å². The maximum Gasteiger partial charge on any atom is 0.191 e. The second kappa shape index (κ2) is 10.7. The summed E-state index contributed by atoms with van der Waals surface area (Å²) in [4.78, 5) is 6.83. The van der Waals surface area contributed by atoms with Gasteiger partial charge in [0.05, 0.1) is 7.11 Å². The van der Waals surface area contributed by atoms with Crippen molar-refractivity contribution in [3.05, 3.63) is 29.8 Å². The van der Waals surface area contributed by atoms with E-state index in [2.05, 4.69) is 33.5 Å². The van der Waals surface area contributed by atoms with Gasteiger partial charge in [-0.2, -0.15) is 0 Å². The van der Waals surface area contributed by atoms with Gasteiger partial charge in [-0.15, -0.1) is 24.0 Å². The van der Waals surface area contributed by atoms with Crippen LogP contribution in [0.4, 0.5) is 0 Å². The van der Waals surface area contributed by atoms with Crippen molar-refractivity contribution < 1.29 is 4.74 Å². The highest BCUT2D eigenvalue weighted by atomic mass is 127. The first-order valence-electron chi connectivity index (χ1n) is 8.08. The van der Waals surface area contributed by atoms with Gasteiger partial charge in [0.25, 0.3) is 0 Å². The number of likely N-dealkylation sites (N-methyl/N-ethyl adjacent to an activating group) is 1. The Morgan fingerprint density at radius 2 is 2.22 bits per heavy atom. The Morgan fingerprint density at radius 1 is 1.39 bits per heavy atom. The minimum Gasteiger partial charge on any atom is -0.497 e. The zero-order valence-electron chi connectivity index (χ0n) is 14.3. The minimum atomic E-state index is 0. The SMILES string of the molecule is CCN1CCCC1CNC(=NC)NCc1cccc(OC)c1.I. The van der Waals surface area contributed by atoms with Crippen LogP contribution in [-0.4, -0.2) is 50.7 Å². The molecule has 0 spiro atoms. The summed E-state index contributed by atoms with van der Waals surface area (Å²) in [5.41, 5.74) is 1.18. The van der Waals surface area contributed by atoms with E-state index in [9.17, 15) is 0 Å². The first kappa shape index (κ1) is 20.0. The van der Waals surface area contributed by atoms with E-state index in [0.29, 0.717) is 6.04 Å². The van der Waals surface area contributed by atoms with Crippen LogP contribution in [-0.2, 0) is 6.54 Å². The van der Waals surface area contributed by atoms with E-state index in [0.717, 1.165) is 31.3 Å². The average Bonchev–Trinajstić information content (AvgIpc) is 3.02. The molecule has 5 nitrogen and oxygen atoms in total. The molecule has 2 rings (SSSR count). The molecule has 1 aromatic rings. The van der Waals surface area contributed by atoms with E-state index in [1.807, 2.05) is 25.2 Å². The van der Waals surface area contributed by atoms with Gasteiger partial charge in [0.2, 0.25) is 0 Å². The fourth-order valence-electron chi connectivity index (χ4n) is 2.95. The van der Waals surface area contributed by atoms with Crippen LogP contribution in [0.2, 0.25) is 0 Å². The Labute approximate surface area is 156 Å². The predicted molar refractivity (Wildman–Crippen MR) is 107 cm³/mol. The van der Waals surface area contributed by atoms with Gasteiger partial charge in [-0.25, -0.2) is 0 Å². The Bertz CT molecular complexity index is 495. The standard InChI is InChI=1S/C17H28N4O.HI/c1-4-21-10-6-8-15(21)13-20-17(18-2)19-12-14-7-5-9-16(11-14)22-3;/h5,7,9,11,15H,4,6,8,10,12-13H2,1-3H3,(H2,18,19,20);1H. The average molecular weight is 432 g/mol. The Kier molecular flexibility index (Phi) is 9.31. The molecule has 1 unspecified atom stereocenters. The topological polar surface area (TPSA) is 48.9 Å². The molecule has 23 heavy (non-hydrogen) atoms. The third kappa shape index (κ3) is 6.18. The molecule has 1 atom stereocenters. The number of likely N-dealkylation sites (tertiary alicyclic amines) is 1. The molecule has 2 N–H and O–H groups in total. The number of aliphatic imine (C=N–C) groups is 1. The van der Waals surface area contributed by atoms with E-state index >= 15 is 0 Å². The van der Waals surface area contributed by atoms with E-state index in [4.69, 9.17) is 4.74 Å². The Morgan fingerprint density at radius 3 is 2.91 bits per heavy atom. The highest BCUT2D eigenvalue weighted by molar-refractivity contribution is 14.0. The smallest absolute Gasteiger partial charge is 0.191 e. The highest BCUT2D eigenvalue weighted by Crippen LogP contribution is 2.15. The van der Waals surface area contributed by atoms with Crippen LogP contribution in [0.1, 0.15) is 25.3 Å². The lowest BCUT2D eigenvalue weighted by Gasteiger charge is -2.24. The molecule has 0 bridgehead atoms. The van der Waals surface area contributed by atoms with Crippen molar-refractivity contribution in [1.82, 2.24) is 15.5 Å². The molecule has 1 heterocycles. The lowest BCUT2D eigenvalue weighted by Crippen LogP contribution is -2.44. The molecule has 130 valence electrons. The summed E-state index contributed by atoms with van der Waals surface area (Å²) in [5.74, 6) is 1.73. The monoisotopic (exact) mass is 432 g/mol. The van der Waals surface area contributed by atoms with Gasteiger partial charge < -0.3 is 15.4 Å². The molecule has 0 saturated carbocycles. The molecule has 1 saturated heterocycles. The molecule has 0 aliphatic carbocycles. The van der Waals surface area contributed by atoms with Crippen molar-refractivity contribution in [2.24, 2.45) is 4.99 Å². The fourth-order valence-corrected chi connectivity index (χ4v) is 2.95. The molecule has 1 aliphatic rings. The van der Waals surface area contributed by atoms with Crippen LogP contribution in [0.15, 0.2) is 29.3 Å². The summed E-state index contributed by atoms with van der Waals surface area (Å²) in [6.45, 7) is 6.26. The van der Waals surface area contributed by atoms with Crippen molar-refractivity contribution in [1.29, 1.82) is 0 Å². The number of hydrogen-bond acceptors (Lipinski definition) is 3. The molecular weight excluding hydrogens is 403 g/mol. The quantitative estimate of drug-likeness (QED) is 0.412. The Balaban J connectivity index is 0.00000264. The van der Waals surface area contributed by atoms with Crippen molar-refractivity contribution >= 4 is 29.9 Å². The summed E-state index contributed by atoms with van der Waals surface area (Å²) < 4.78 is 5.25. The van der Waals surface area contributed by atoms with Crippen LogP contribution >= 0.6 is 24.0 Å². The summed E-state index contributed by atoms with van der Waals surface area (Å²) in [7, 11) is 3.50. The van der Waals surface area contributed by atoms with Crippen LogP contribution < -0.4 is 15.4 Å². The lowest BCUT2D eigenvalue weighted by atomic mass is 10.2. The van der Waals surface area contributed by atoms with E-state index in [1.54, 1.807) is 7.11 Å². The largest absolute Gasteiger partial charge is 0.497 e. The van der Waals surface area contributed by atoms with Gasteiger partial charge >= 0.3 is 0 Å². The van der Waals surface area contributed by atoms with Crippen molar-refractivity contribution in [2.45, 2.75) is 32.4 Å². The number of nitrogens with zero attached hydrogens (tertiary/aromatic N) is 2. The number of guanidine groups is 1. The van der Waals surface area contributed by atoms with Gasteiger partial charge in [0, 0.05) is 26.2 Å². The van der Waals surface area contributed by atoms with E-state index in [-0.39, 0.29) is 24.0 Å². The van der Waals surface area contributed by atoms with Crippen LogP contribution in [0, 0.1) is 0 Å². The van der Waals surface area contributed by atoms with Gasteiger partial charge in [-0.3, -0.25) is 9.89 Å². The number of methoxy groups -OCH3 is 1. The number of nitrogens with one attached hydrogen (secondary N) is 2. The Hall–Kier alpha value is -1.02. The highest BCUT2D eigenvalue weighted by Gasteiger charge is 2.22. The van der Waals surface area contributed by atoms with Crippen molar-refractivity contribution in [2.75, 3.05) is 33.8 Å². The maximum atomic E-state index is 5.25. The van der Waals surface area contributed by atoms with Gasteiger partial charge in [-0.1, -0.05) is 19.1 Å². The number of halogens is 1. The summed E-state index contributed by atoms with van der Waals surface area (Å²) in [6, 6.07) is 8.70. The minimum absolute atomic E-state index is 0. The molecule has 1 fully saturated rings. The second-order valence-electron chi connectivity index (χ2n) is 5.58. The summed E-state index contributed by atoms with van der Waals surface area (Å²) in [5, 5.41) is 6.80. The number of rotatable bonds is 6. The van der Waals surface area contributed by atoms with E-state index in [1.165, 1.54) is 24.9 Å². The van der Waals surface area contributed by atoms with Crippen molar-refractivity contribution in [3.63, 3.8) is 0 Å².